The van der Waals surface area contributed by atoms with Crippen molar-refractivity contribution in [1.29, 1.82) is 0 Å². The van der Waals surface area contributed by atoms with Gasteiger partial charge in [-0.15, -0.1) is 11.6 Å². The Morgan fingerprint density at radius 3 is 2.69 bits per heavy atom. The molecule has 0 saturated carbocycles. The van der Waals surface area contributed by atoms with Crippen LogP contribution >= 0.6 is 23.4 Å². The van der Waals surface area contributed by atoms with E-state index in [2.05, 4.69) is 4.98 Å². The molecule has 1 nitrogen and oxygen atoms in total. The molecular weight excluding hydrogens is 223 g/mol. The first-order chi connectivity index (χ1) is 6.03. The predicted octanol–water partition coefficient (Wildman–Crippen LogP) is 3.43. The average Bonchev–Trinajstić information content (AvgIpc) is 2.02. The summed E-state index contributed by atoms with van der Waals surface area (Å²) in [6, 6.07) is 2.80. The molecule has 0 fully saturated rings. The van der Waals surface area contributed by atoms with E-state index in [-0.39, 0.29) is 28.2 Å². The molecule has 0 unspecified atom stereocenters. The summed E-state index contributed by atoms with van der Waals surface area (Å²) in [5.41, 5.74) is -4.03. The zero-order valence-corrected chi connectivity index (χ0v) is 7.88. The van der Waals surface area contributed by atoms with Gasteiger partial charge in [-0.05, 0) is 23.9 Å². The van der Waals surface area contributed by atoms with Crippen LogP contribution < -0.4 is 0 Å². The van der Waals surface area contributed by atoms with Gasteiger partial charge in [0.05, 0.1) is 11.6 Å². The second kappa shape index (κ2) is 4.19. The number of nitrogens with zero attached hydrogens (tertiary/aromatic N) is 1. The number of pyridine rings is 1. The lowest BCUT2D eigenvalue weighted by Gasteiger charge is -2.07. The highest BCUT2D eigenvalue weighted by Gasteiger charge is 2.30. The van der Waals surface area contributed by atoms with Crippen LogP contribution in [-0.4, -0.2) is 10.5 Å². The zero-order chi connectivity index (χ0) is 9.90. The summed E-state index contributed by atoms with van der Waals surface area (Å²) >= 11 is 5.22. The molecule has 72 valence electrons. The van der Waals surface area contributed by atoms with Gasteiger partial charge >= 0.3 is 5.51 Å². The van der Waals surface area contributed by atoms with Crippen LogP contribution in [0.2, 0.25) is 0 Å². The standard InChI is InChI=1S/C7H5ClF3NS/c8-4-5-6(2-1-3-12-5)13-7(9,10)11/h1-3H,4H2. The quantitative estimate of drug-likeness (QED) is 0.567. The summed E-state index contributed by atoms with van der Waals surface area (Å²) < 4.78 is 35.8. The Hall–Kier alpha value is -0.420. The Kier molecular flexibility index (Phi) is 3.44. The Labute approximate surface area is 82.3 Å². The van der Waals surface area contributed by atoms with Gasteiger partial charge < -0.3 is 0 Å². The average molecular weight is 228 g/mol. The van der Waals surface area contributed by atoms with Crippen LogP contribution in [0.3, 0.4) is 0 Å². The molecule has 0 aliphatic rings. The van der Waals surface area contributed by atoms with Gasteiger partial charge in [0.1, 0.15) is 0 Å². The van der Waals surface area contributed by atoms with Gasteiger partial charge in [-0.25, -0.2) is 0 Å². The maximum absolute atomic E-state index is 11.9. The highest BCUT2D eigenvalue weighted by Crippen LogP contribution is 2.38. The fourth-order valence-corrected chi connectivity index (χ4v) is 1.67. The summed E-state index contributed by atoms with van der Waals surface area (Å²) in [4.78, 5) is 3.79. The van der Waals surface area contributed by atoms with Crippen molar-refractivity contribution in [2.24, 2.45) is 0 Å². The molecule has 0 amide bonds. The van der Waals surface area contributed by atoms with Gasteiger partial charge in [0.2, 0.25) is 0 Å². The van der Waals surface area contributed by atoms with Crippen molar-refractivity contribution in [2.75, 3.05) is 0 Å². The smallest absolute Gasteiger partial charge is 0.259 e. The van der Waals surface area contributed by atoms with E-state index >= 15 is 0 Å². The molecule has 0 aromatic carbocycles. The topological polar surface area (TPSA) is 12.9 Å². The van der Waals surface area contributed by atoms with Gasteiger partial charge in [0.15, 0.2) is 0 Å². The Bertz CT molecular complexity index is 289. The maximum atomic E-state index is 11.9. The second-order valence-corrected chi connectivity index (χ2v) is 3.50. The van der Waals surface area contributed by atoms with E-state index in [1.165, 1.54) is 18.3 Å². The van der Waals surface area contributed by atoms with Crippen molar-refractivity contribution in [3.63, 3.8) is 0 Å². The molecule has 13 heavy (non-hydrogen) atoms. The van der Waals surface area contributed by atoms with Crippen molar-refractivity contribution in [1.82, 2.24) is 4.98 Å². The Morgan fingerprint density at radius 2 is 2.15 bits per heavy atom. The minimum atomic E-state index is -4.29. The van der Waals surface area contributed by atoms with Crippen LogP contribution in [-0.2, 0) is 5.88 Å². The molecule has 0 bridgehead atoms. The van der Waals surface area contributed by atoms with Crippen LogP contribution in [0.25, 0.3) is 0 Å². The van der Waals surface area contributed by atoms with E-state index in [1.54, 1.807) is 0 Å². The maximum Gasteiger partial charge on any atom is 0.446 e. The van der Waals surface area contributed by atoms with Crippen molar-refractivity contribution in [3.05, 3.63) is 24.0 Å². The number of halogens is 4. The summed E-state index contributed by atoms with van der Waals surface area (Å²) in [5.74, 6) is -0.0146. The summed E-state index contributed by atoms with van der Waals surface area (Å²) in [5, 5.41) is 0. The van der Waals surface area contributed by atoms with Crippen molar-refractivity contribution in [3.8, 4) is 0 Å². The number of hydrogen-bond donors (Lipinski definition) is 0. The van der Waals surface area contributed by atoms with Crippen LogP contribution in [0.4, 0.5) is 13.2 Å². The monoisotopic (exact) mass is 227 g/mol. The molecule has 0 saturated heterocycles. The van der Waals surface area contributed by atoms with Crippen LogP contribution in [0.1, 0.15) is 5.69 Å². The third-order valence-corrected chi connectivity index (χ3v) is 2.28. The molecular formula is C7H5ClF3NS. The van der Waals surface area contributed by atoms with E-state index in [4.69, 9.17) is 11.6 Å². The third-order valence-electron chi connectivity index (χ3n) is 1.20. The highest BCUT2D eigenvalue weighted by molar-refractivity contribution is 8.00. The fourth-order valence-electron chi connectivity index (χ4n) is 0.741. The lowest BCUT2D eigenvalue weighted by atomic mass is 10.4. The first-order valence-electron chi connectivity index (χ1n) is 3.28. The lowest BCUT2D eigenvalue weighted by molar-refractivity contribution is -0.0328. The number of rotatable bonds is 2. The summed E-state index contributed by atoms with van der Waals surface area (Å²) in [6.45, 7) is 0. The minimum absolute atomic E-state index is 0.0146. The van der Waals surface area contributed by atoms with E-state index in [0.29, 0.717) is 0 Å². The minimum Gasteiger partial charge on any atom is -0.259 e. The zero-order valence-electron chi connectivity index (χ0n) is 6.31. The predicted molar refractivity (Wildman–Crippen MR) is 45.7 cm³/mol. The molecule has 0 N–H and O–H groups in total. The number of hydrogen-bond acceptors (Lipinski definition) is 2. The molecule has 1 heterocycles. The van der Waals surface area contributed by atoms with E-state index < -0.39 is 5.51 Å². The van der Waals surface area contributed by atoms with Gasteiger partial charge in [0.25, 0.3) is 0 Å². The SMILES string of the molecule is FC(F)(F)Sc1cccnc1CCl. The second-order valence-electron chi connectivity index (χ2n) is 2.13. The molecule has 0 radical (unpaired) electrons. The van der Waals surface area contributed by atoms with Crippen LogP contribution in [0, 0.1) is 0 Å². The molecule has 0 aliphatic carbocycles. The van der Waals surface area contributed by atoms with Gasteiger partial charge in [0, 0.05) is 11.1 Å². The lowest BCUT2D eigenvalue weighted by Crippen LogP contribution is -2.01. The molecule has 0 aliphatic heterocycles. The molecule has 1 aromatic heterocycles. The third kappa shape index (κ3) is 3.44. The van der Waals surface area contributed by atoms with Crippen molar-refractivity contribution >= 4 is 23.4 Å². The van der Waals surface area contributed by atoms with Crippen LogP contribution in [0.15, 0.2) is 23.2 Å². The molecule has 0 spiro atoms. The van der Waals surface area contributed by atoms with Crippen molar-refractivity contribution in [2.45, 2.75) is 16.3 Å². The Balaban J connectivity index is 2.87. The van der Waals surface area contributed by atoms with Crippen molar-refractivity contribution < 1.29 is 13.2 Å². The Morgan fingerprint density at radius 1 is 1.46 bits per heavy atom. The van der Waals surface area contributed by atoms with E-state index in [0.717, 1.165) is 0 Å². The van der Waals surface area contributed by atoms with Gasteiger partial charge in [-0.1, -0.05) is 0 Å². The fraction of sp³-hybridized carbons (Fsp3) is 0.286. The van der Waals surface area contributed by atoms with E-state index in [1.807, 2.05) is 0 Å². The largest absolute Gasteiger partial charge is 0.446 e. The molecule has 0 atom stereocenters. The first-order valence-corrected chi connectivity index (χ1v) is 4.63. The van der Waals surface area contributed by atoms with E-state index in [9.17, 15) is 13.2 Å². The molecule has 1 aromatic rings. The molecule has 1 rings (SSSR count). The number of aromatic nitrogens is 1. The van der Waals surface area contributed by atoms with Crippen LogP contribution in [0.5, 0.6) is 0 Å². The summed E-state index contributed by atoms with van der Waals surface area (Å²) in [7, 11) is 0. The summed E-state index contributed by atoms with van der Waals surface area (Å²) in [6.07, 6.45) is 1.41. The van der Waals surface area contributed by atoms with Gasteiger partial charge in [-0.3, -0.25) is 4.98 Å². The number of alkyl halides is 4. The number of thioether (sulfide) groups is 1. The normalized spacial score (nSPS) is 11.7. The highest BCUT2D eigenvalue weighted by atomic mass is 35.5. The van der Waals surface area contributed by atoms with Gasteiger partial charge in [-0.2, -0.15) is 13.2 Å². The first kappa shape index (κ1) is 10.7. The molecule has 6 heteroatoms.